The molecule has 6 nitrogen and oxygen atoms in total. The third-order valence-electron chi connectivity index (χ3n) is 4.31. The van der Waals surface area contributed by atoms with E-state index in [4.69, 9.17) is 0 Å². The summed E-state index contributed by atoms with van der Waals surface area (Å²) in [6.07, 6.45) is 0. The van der Waals surface area contributed by atoms with E-state index in [0.29, 0.717) is 5.52 Å². The Labute approximate surface area is 170 Å². The van der Waals surface area contributed by atoms with Crippen molar-refractivity contribution in [3.05, 3.63) is 64.0 Å². The van der Waals surface area contributed by atoms with Gasteiger partial charge >= 0.3 is 5.97 Å². The van der Waals surface area contributed by atoms with Crippen LogP contribution in [0.25, 0.3) is 21.3 Å². The number of rotatable bonds is 4. The van der Waals surface area contributed by atoms with Gasteiger partial charge in [-0.25, -0.2) is 13.6 Å². The first-order chi connectivity index (χ1) is 13.9. The van der Waals surface area contributed by atoms with Crippen molar-refractivity contribution in [2.24, 2.45) is 0 Å². The topological polar surface area (TPSA) is 92.2 Å². The van der Waals surface area contributed by atoms with Gasteiger partial charge in [-0.3, -0.25) is 4.79 Å². The molecule has 0 aliphatic rings. The second-order valence-electron chi connectivity index (χ2n) is 6.13. The fourth-order valence-electron chi connectivity index (χ4n) is 2.81. The summed E-state index contributed by atoms with van der Waals surface area (Å²) in [6, 6.07) is 7.49. The molecule has 0 aliphatic carbocycles. The molecule has 0 fully saturated rings. The number of nitrogens with zero attached hydrogens (tertiary/aromatic N) is 2. The maximum absolute atomic E-state index is 14.4. The van der Waals surface area contributed by atoms with Crippen LogP contribution in [0.2, 0.25) is 0 Å². The molecule has 0 unspecified atom stereocenters. The molecule has 2 aromatic heterocycles. The average Bonchev–Trinajstić information content (AvgIpc) is 3.32. The number of hydrogen-bond donors (Lipinski definition) is 2. The number of amides is 1. The number of carbonyl (C=O) groups is 2. The number of thiophene rings is 1. The smallest absolute Gasteiger partial charge is 0.339 e. The van der Waals surface area contributed by atoms with Crippen LogP contribution in [-0.4, -0.2) is 26.6 Å². The molecule has 1 amide bonds. The Kier molecular flexibility index (Phi) is 4.81. The summed E-state index contributed by atoms with van der Waals surface area (Å²) in [5.74, 6) is -4.09. The SMILES string of the molecule is Cc1ccc(-c2csc(NC(=O)c3ccc4snnc4c3)c2C(=O)O)c(F)c1F. The van der Waals surface area contributed by atoms with Gasteiger partial charge in [0.1, 0.15) is 16.1 Å². The zero-order valence-corrected chi connectivity index (χ0v) is 16.3. The number of aromatic carboxylic acids is 1. The molecular formula is C19H11F2N3O3S2. The summed E-state index contributed by atoms with van der Waals surface area (Å²) in [6.45, 7) is 1.41. The largest absolute Gasteiger partial charge is 0.478 e. The van der Waals surface area contributed by atoms with Crippen LogP contribution in [0.3, 0.4) is 0 Å². The Balaban J connectivity index is 1.72. The number of anilines is 1. The van der Waals surface area contributed by atoms with Crippen molar-refractivity contribution >= 4 is 50.0 Å². The number of carboxylic acids is 1. The number of halogens is 2. The molecule has 0 saturated heterocycles. The minimum Gasteiger partial charge on any atom is -0.478 e. The van der Waals surface area contributed by atoms with Crippen LogP contribution in [0.1, 0.15) is 26.3 Å². The van der Waals surface area contributed by atoms with Gasteiger partial charge in [-0.2, -0.15) is 0 Å². The molecule has 29 heavy (non-hydrogen) atoms. The van der Waals surface area contributed by atoms with Gasteiger partial charge in [0.05, 0.1) is 4.70 Å². The van der Waals surface area contributed by atoms with Gasteiger partial charge in [-0.05, 0) is 42.2 Å². The number of nitrogens with one attached hydrogen (secondary N) is 1. The van der Waals surface area contributed by atoms with Gasteiger partial charge in [0.15, 0.2) is 11.6 Å². The van der Waals surface area contributed by atoms with Crippen LogP contribution < -0.4 is 5.32 Å². The third-order valence-corrected chi connectivity index (χ3v) is 5.91. The first kappa shape index (κ1) is 19.1. The molecule has 10 heteroatoms. The summed E-state index contributed by atoms with van der Waals surface area (Å²) in [7, 11) is 0. The summed E-state index contributed by atoms with van der Waals surface area (Å²) >= 11 is 2.11. The predicted molar refractivity (Wildman–Crippen MR) is 107 cm³/mol. The average molecular weight is 431 g/mol. The quantitative estimate of drug-likeness (QED) is 0.477. The van der Waals surface area contributed by atoms with Crippen molar-refractivity contribution in [3.8, 4) is 11.1 Å². The van der Waals surface area contributed by atoms with E-state index in [1.165, 1.54) is 42.0 Å². The Hall–Kier alpha value is -3.24. The van der Waals surface area contributed by atoms with E-state index in [-0.39, 0.29) is 32.8 Å². The first-order valence-corrected chi connectivity index (χ1v) is 9.85. The van der Waals surface area contributed by atoms with Gasteiger partial charge in [0.25, 0.3) is 5.91 Å². The lowest BCUT2D eigenvalue weighted by atomic mass is 10.0. The second-order valence-corrected chi connectivity index (χ2v) is 7.79. The molecule has 0 bridgehead atoms. The maximum atomic E-state index is 14.4. The van der Waals surface area contributed by atoms with E-state index in [9.17, 15) is 23.5 Å². The highest BCUT2D eigenvalue weighted by Gasteiger charge is 2.24. The maximum Gasteiger partial charge on any atom is 0.339 e. The van der Waals surface area contributed by atoms with Gasteiger partial charge < -0.3 is 10.4 Å². The van der Waals surface area contributed by atoms with E-state index >= 15 is 0 Å². The van der Waals surface area contributed by atoms with Crippen LogP contribution in [0.4, 0.5) is 13.8 Å². The Bertz CT molecular complexity index is 1280. The van der Waals surface area contributed by atoms with Gasteiger partial charge in [-0.1, -0.05) is 16.6 Å². The first-order valence-electron chi connectivity index (χ1n) is 8.20. The number of aromatic nitrogens is 2. The van der Waals surface area contributed by atoms with E-state index in [1.54, 1.807) is 12.1 Å². The molecule has 0 spiro atoms. The number of hydrogen-bond acceptors (Lipinski definition) is 6. The summed E-state index contributed by atoms with van der Waals surface area (Å²) in [5.41, 5.74) is 0.431. The molecule has 4 rings (SSSR count). The number of carbonyl (C=O) groups excluding carboxylic acids is 1. The van der Waals surface area contributed by atoms with Crippen molar-refractivity contribution in [2.75, 3.05) is 5.32 Å². The van der Waals surface area contributed by atoms with Crippen molar-refractivity contribution in [1.82, 2.24) is 9.59 Å². The van der Waals surface area contributed by atoms with Gasteiger partial charge in [-0.15, -0.1) is 16.4 Å². The monoisotopic (exact) mass is 431 g/mol. The predicted octanol–water partition coefficient (Wildman–Crippen LogP) is 4.96. The highest BCUT2D eigenvalue weighted by Crippen LogP contribution is 2.38. The lowest BCUT2D eigenvalue weighted by Crippen LogP contribution is -2.13. The van der Waals surface area contributed by atoms with Crippen LogP contribution in [0.15, 0.2) is 35.7 Å². The third kappa shape index (κ3) is 3.36. The Morgan fingerprint density at radius 3 is 2.66 bits per heavy atom. The second kappa shape index (κ2) is 7.30. The molecule has 0 atom stereocenters. The van der Waals surface area contributed by atoms with Crippen LogP contribution in [0, 0.1) is 18.6 Å². The Morgan fingerprint density at radius 1 is 1.10 bits per heavy atom. The highest BCUT2D eigenvalue weighted by molar-refractivity contribution is 7.15. The number of aryl methyl sites for hydroxylation is 1. The molecular weight excluding hydrogens is 420 g/mol. The molecule has 0 aliphatic heterocycles. The fraction of sp³-hybridized carbons (Fsp3) is 0.0526. The normalized spacial score (nSPS) is 11.0. The zero-order chi connectivity index (χ0) is 20.7. The van der Waals surface area contributed by atoms with Crippen molar-refractivity contribution in [3.63, 3.8) is 0 Å². The van der Waals surface area contributed by atoms with E-state index in [0.717, 1.165) is 16.0 Å². The van der Waals surface area contributed by atoms with Crippen LogP contribution in [-0.2, 0) is 0 Å². The lowest BCUT2D eigenvalue weighted by molar-refractivity contribution is 0.0699. The number of carboxylic acid groups (broad SMARTS) is 1. The minimum absolute atomic E-state index is 0.00615. The zero-order valence-electron chi connectivity index (χ0n) is 14.7. The fourth-order valence-corrected chi connectivity index (χ4v) is 4.30. The highest BCUT2D eigenvalue weighted by atomic mass is 32.1. The molecule has 2 heterocycles. The van der Waals surface area contributed by atoms with E-state index in [1.807, 2.05) is 0 Å². The molecule has 4 aromatic rings. The van der Waals surface area contributed by atoms with Crippen molar-refractivity contribution in [2.45, 2.75) is 6.92 Å². The summed E-state index contributed by atoms with van der Waals surface area (Å²) in [5, 5.41) is 17.5. The van der Waals surface area contributed by atoms with Crippen molar-refractivity contribution in [1.29, 1.82) is 0 Å². The summed E-state index contributed by atoms with van der Waals surface area (Å²) in [4.78, 5) is 24.4. The van der Waals surface area contributed by atoms with E-state index < -0.39 is 23.5 Å². The molecule has 146 valence electrons. The standard InChI is InChI=1S/C19H11F2N3O3S2/c1-8-2-4-10(16(21)15(8)20)11-7-28-18(14(11)19(26)27)22-17(25)9-3-5-13-12(6-9)23-24-29-13/h2-7H,1H3,(H,22,25)(H,26,27). The van der Waals surface area contributed by atoms with Gasteiger partial charge in [0.2, 0.25) is 0 Å². The van der Waals surface area contributed by atoms with Crippen molar-refractivity contribution < 1.29 is 23.5 Å². The number of benzene rings is 2. The summed E-state index contributed by atoms with van der Waals surface area (Å²) < 4.78 is 32.9. The molecule has 2 aromatic carbocycles. The molecule has 0 saturated carbocycles. The van der Waals surface area contributed by atoms with Crippen LogP contribution in [0.5, 0.6) is 0 Å². The molecule has 0 radical (unpaired) electrons. The Morgan fingerprint density at radius 2 is 1.90 bits per heavy atom. The minimum atomic E-state index is -1.36. The lowest BCUT2D eigenvalue weighted by Gasteiger charge is -2.08. The number of fused-ring (bicyclic) bond motifs is 1. The van der Waals surface area contributed by atoms with Gasteiger partial charge in [0, 0.05) is 22.1 Å². The molecule has 2 N–H and O–H groups in total. The van der Waals surface area contributed by atoms with Crippen LogP contribution >= 0.6 is 22.9 Å². The van der Waals surface area contributed by atoms with E-state index in [2.05, 4.69) is 14.9 Å².